The van der Waals surface area contributed by atoms with Gasteiger partial charge >= 0.3 is 0 Å². The van der Waals surface area contributed by atoms with Gasteiger partial charge < -0.3 is 15.1 Å². The molecule has 0 atom stereocenters. The third-order valence-electron chi connectivity index (χ3n) is 5.18. The highest BCUT2D eigenvalue weighted by Gasteiger charge is 2.27. The molecule has 156 valence electrons. The molecule has 0 radical (unpaired) electrons. The molecule has 1 aromatic carbocycles. The zero-order chi connectivity index (χ0) is 20.9. The van der Waals surface area contributed by atoms with Crippen molar-refractivity contribution in [2.75, 3.05) is 31.6 Å². The molecule has 1 fully saturated rings. The molecular formula is C21H26N8O. The van der Waals surface area contributed by atoms with Crippen LogP contribution in [0.3, 0.4) is 0 Å². The molecule has 0 unspecified atom stereocenters. The van der Waals surface area contributed by atoms with E-state index in [0.717, 1.165) is 11.6 Å². The number of piperazine rings is 1. The quantitative estimate of drug-likeness (QED) is 0.507. The van der Waals surface area contributed by atoms with E-state index in [4.69, 9.17) is 0 Å². The number of hydrogen-bond acceptors (Lipinski definition) is 4. The molecule has 30 heavy (non-hydrogen) atoms. The lowest BCUT2D eigenvalue weighted by atomic mass is 10.1. The number of carbonyl (C=O) groups excluding carboxylic acids is 1. The topological polar surface area (TPSA) is 83.6 Å². The standard InChI is InChI=1S/C21H26N8O/c1-22-21(27-10-11-29(20(30)16-27)19-13-25-26(2)15-19)23-12-17-6-3-4-7-18(17)14-28-9-5-8-24-28/h3-9,13,15H,10-12,14,16H2,1-2H3,(H,22,23). The predicted molar refractivity (Wildman–Crippen MR) is 115 cm³/mol. The minimum Gasteiger partial charge on any atom is -0.352 e. The molecule has 4 rings (SSSR count). The Morgan fingerprint density at radius 1 is 1.17 bits per heavy atom. The van der Waals surface area contributed by atoms with Crippen molar-refractivity contribution >= 4 is 17.6 Å². The van der Waals surface area contributed by atoms with Gasteiger partial charge in [-0.2, -0.15) is 10.2 Å². The number of nitrogens with one attached hydrogen (secondary N) is 1. The van der Waals surface area contributed by atoms with Crippen molar-refractivity contribution in [2.24, 2.45) is 12.0 Å². The average molecular weight is 406 g/mol. The molecule has 1 saturated heterocycles. The molecule has 2 aromatic heterocycles. The summed E-state index contributed by atoms with van der Waals surface area (Å²) in [6, 6.07) is 10.2. The molecular weight excluding hydrogens is 380 g/mol. The summed E-state index contributed by atoms with van der Waals surface area (Å²) in [6.07, 6.45) is 7.32. The fraction of sp³-hybridized carbons (Fsp3) is 0.333. The van der Waals surface area contributed by atoms with Crippen LogP contribution in [0, 0.1) is 0 Å². The fourth-order valence-corrected chi connectivity index (χ4v) is 3.63. The monoisotopic (exact) mass is 406 g/mol. The molecule has 0 saturated carbocycles. The Morgan fingerprint density at radius 2 is 2.00 bits per heavy atom. The lowest BCUT2D eigenvalue weighted by Crippen LogP contribution is -2.55. The van der Waals surface area contributed by atoms with E-state index in [-0.39, 0.29) is 12.5 Å². The summed E-state index contributed by atoms with van der Waals surface area (Å²) >= 11 is 0. The molecule has 3 heterocycles. The molecule has 3 aromatic rings. The van der Waals surface area contributed by atoms with Crippen molar-refractivity contribution < 1.29 is 4.79 Å². The van der Waals surface area contributed by atoms with E-state index >= 15 is 0 Å². The summed E-state index contributed by atoms with van der Waals surface area (Å²) in [5, 5.41) is 11.9. The van der Waals surface area contributed by atoms with E-state index in [1.54, 1.807) is 29.0 Å². The number of amides is 1. The fourth-order valence-electron chi connectivity index (χ4n) is 3.63. The number of anilines is 1. The van der Waals surface area contributed by atoms with E-state index in [9.17, 15) is 4.79 Å². The molecule has 0 bridgehead atoms. The van der Waals surface area contributed by atoms with Gasteiger partial charge in [0, 0.05) is 52.3 Å². The first-order valence-corrected chi connectivity index (χ1v) is 9.93. The minimum atomic E-state index is 0.0382. The Bertz CT molecular complexity index is 1020. The van der Waals surface area contributed by atoms with E-state index in [1.165, 1.54) is 11.1 Å². The molecule has 9 nitrogen and oxygen atoms in total. The number of benzene rings is 1. The summed E-state index contributed by atoms with van der Waals surface area (Å²) in [5.41, 5.74) is 3.20. The molecule has 1 N–H and O–H groups in total. The first-order valence-electron chi connectivity index (χ1n) is 9.93. The zero-order valence-electron chi connectivity index (χ0n) is 17.3. The van der Waals surface area contributed by atoms with E-state index in [1.807, 2.05) is 47.2 Å². The van der Waals surface area contributed by atoms with Crippen molar-refractivity contribution in [1.29, 1.82) is 0 Å². The van der Waals surface area contributed by atoms with Gasteiger partial charge in [0.05, 0.1) is 18.4 Å². The highest BCUT2D eigenvalue weighted by atomic mass is 16.2. The van der Waals surface area contributed by atoms with Gasteiger partial charge in [-0.15, -0.1) is 0 Å². The number of nitrogens with zero attached hydrogens (tertiary/aromatic N) is 7. The van der Waals surface area contributed by atoms with Crippen molar-refractivity contribution in [3.05, 3.63) is 66.2 Å². The Hall–Kier alpha value is -3.62. The van der Waals surface area contributed by atoms with Crippen LogP contribution in [0.1, 0.15) is 11.1 Å². The SMILES string of the molecule is CN=C(NCc1ccccc1Cn1cccn1)N1CCN(c2cnn(C)c2)C(=O)C1. The van der Waals surface area contributed by atoms with Crippen LogP contribution in [-0.2, 0) is 24.9 Å². The highest BCUT2D eigenvalue weighted by Crippen LogP contribution is 2.16. The van der Waals surface area contributed by atoms with E-state index < -0.39 is 0 Å². The van der Waals surface area contributed by atoms with Gasteiger partial charge in [0.1, 0.15) is 6.54 Å². The molecule has 1 aliphatic rings. The summed E-state index contributed by atoms with van der Waals surface area (Å²) in [4.78, 5) is 20.9. The molecule has 1 amide bonds. The van der Waals surface area contributed by atoms with Crippen LogP contribution < -0.4 is 10.2 Å². The van der Waals surface area contributed by atoms with Gasteiger partial charge in [-0.1, -0.05) is 24.3 Å². The zero-order valence-corrected chi connectivity index (χ0v) is 17.3. The Kier molecular flexibility index (Phi) is 5.78. The van der Waals surface area contributed by atoms with Crippen LogP contribution in [0.2, 0.25) is 0 Å². The maximum atomic E-state index is 12.7. The maximum absolute atomic E-state index is 12.7. The first kappa shape index (κ1) is 19.7. The van der Waals surface area contributed by atoms with Gasteiger partial charge in [0.2, 0.25) is 5.91 Å². The smallest absolute Gasteiger partial charge is 0.246 e. The molecule has 9 heteroatoms. The maximum Gasteiger partial charge on any atom is 0.246 e. The van der Waals surface area contributed by atoms with Crippen LogP contribution in [0.5, 0.6) is 0 Å². The van der Waals surface area contributed by atoms with Crippen LogP contribution in [-0.4, -0.2) is 63.0 Å². The van der Waals surface area contributed by atoms with Crippen molar-refractivity contribution in [2.45, 2.75) is 13.1 Å². The Morgan fingerprint density at radius 3 is 2.67 bits per heavy atom. The van der Waals surface area contributed by atoms with Crippen molar-refractivity contribution in [3.8, 4) is 0 Å². The minimum absolute atomic E-state index is 0.0382. The lowest BCUT2D eigenvalue weighted by Gasteiger charge is -2.35. The van der Waals surface area contributed by atoms with Gasteiger partial charge in [0.25, 0.3) is 0 Å². The summed E-state index contributed by atoms with van der Waals surface area (Å²) in [7, 11) is 3.59. The second-order valence-electron chi connectivity index (χ2n) is 7.21. The molecule has 0 aliphatic carbocycles. The number of aliphatic imine (C=N–C) groups is 1. The third-order valence-corrected chi connectivity index (χ3v) is 5.18. The number of carbonyl (C=O) groups is 1. The van der Waals surface area contributed by atoms with Crippen molar-refractivity contribution in [1.82, 2.24) is 29.8 Å². The number of guanidine groups is 1. The highest BCUT2D eigenvalue weighted by molar-refractivity contribution is 5.98. The second kappa shape index (κ2) is 8.81. The predicted octanol–water partition coefficient (Wildman–Crippen LogP) is 1.09. The average Bonchev–Trinajstić information content (AvgIpc) is 3.41. The Balaban J connectivity index is 1.39. The normalized spacial score (nSPS) is 15.0. The summed E-state index contributed by atoms with van der Waals surface area (Å²) in [6.45, 7) is 2.92. The van der Waals surface area contributed by atoms with Crippen LogP contribution in [0.15, 0.2) is 60.1 Å². The van der Waals surface area contributed by atoms with E-state index in [2.05, 4.69) is 32.6 Å². The Labute approximate surface area is 175 Å². The summed E-state index contributed by atoms with van der Waals surface area (Å²) in [5.74, 6) is 0.763. The number of aryl methyl sites for hydroxylation is 1. The largest absolute Gasteiger partial charge is 0.352 e. The van der Waals surface area contributed by atoms with Gasteiger partial charge in [-0.05, 0) is 17.2 Å². The number of aromatic nitrogens is 4. The van der Waals surface area contributed by atoms with Crippen molar-refractivity contribution in [3.63, 3.8) is 0 Å². The third kappa shape index (κ3) is 4.35. The molecule has 1 aliphatic heterocycles. The second-order valence-corrected chi connectivity index (χ2v) is 7.21. The van der Waals surface area contributed by atoms with Gasteiger partial charge in [0.15, 0.2) is 5.96 Å². The van der Waals surface area contributed by atoms with Gasteiger partial charge in [-0.3, -0.25) is 19.2 Å². The summed E-state index contributed by atoms with van der Waals surface area (Å²) < 4.78 is 3.61. The van der Waals surface area contributed by atoms with Crippen LogP contribution in [0.25, 0.3) is 0 Å². The van der Waals surface area contributed by atoms with Gasteiger partial charge in [-0.25, -0.2) is 0 Å². The van der Waals surface area contributed by atoms with Crippen LogP contribution in [0.4, 0.5) is 5.69 Å². The van der Waals surface area contributed by atoms with E-state index in [0.29, 0.717) is 26.2 Å². The first-order chi connectivity index (χ1) is 14.6. The lowest BCUT2D eigenvalue weighted by molar-refractivity contribution is -0.120. The number of hydrogen-bond donors (Lipinski definition) is 1. The molecule has 0 spiro atoms. The number of rotatable bonds is 5. The van der Waals surface area contributed by atoms with Crippen LogP contribution >= 0.6 is 0 Å².